The number of benzene rings is 2. The number of hydrogen-bond donors (Lipinski definition) is 2. The van der Waals surface area contributed by atoms with Crippen molar-refractivity contribution in [2.45, 2.75) is 6.92 Å². The summed E-state index contributed by atoms with van der Waals surface area (Å²) in [6, 6.07) is 8.21. The fourth-order valence-electron chi connectivity index (χ4n) is 2.37. The van der Waals surface area contributed by atoms with Gasteiger partial charge in [0.2, 0.25) is 0 Å². The van der Waals surface area contributed by atoms with E-state index < -0.39 is 10.8 Å². The van der Waals surface area contributed by atoms with Crippen LogP contribution in [0.4, 0.5) is 16.5 Å². The molecule has 8 nitrogen and oxygen atoms in total. The van der Waals surface area contributed by atoms with Crippen molar-refractivity contribution in [3.63, 3.8) is 0 Å². The maximum atomic E-state index is 12.5. The van der Waals surface area contributed by atoms with Gasteiger partial charge in [-0.25, -0.2) is 4.98 Å². The standard InChI is InChI=1S/C16H14N4O4S/c1-8-5-10(14(17)12(6-8)20(22)23)15(21)19-16-18-11-4-3-9(24-2)7-13(11)25-16/h3-7H,17H2,1-2H3,(H,18,19,21). The van der Waals surface area contributed by atoms with Gasteiger partial charge in [-0.1, -0.05) is 11.3 Å². The predicted molar refractivity (Wildman–Crippen MR) is 96.4 cm³/mol. The molecule has 1 amide bonds. The Morgan fingerprint density at radius 2 is 2.12 bits per heavy atom. The number of aryl methyl sites for hydroxylation is 1. The number of fused-ring (bicyclic) bond motifs is 1. The maximum absolute atomic E-state index is 12.5. The van der Waals surface area contributed by atoms with Crippen molar-refractivity contribution in [2.24, 2.45) is 0 Å². The number of anilines is 2. The van der Waals surface area contributed by atoms with E-state index in [0.717, 1.165) is 4.70 Å². The van der Waals surface area contributed by atoms with Crippen LogP contribution in [-0.4, -0.2) is 22.9 Å². The zero-order valence-corrected chi connectivity index (χ0v) is 14.2. The van der Waals surface area contributed by atoms with Gasteiger partial charge in [-0.2, -0.15) is 0 Å². The first kappa shape index (κ1) is 16.7. The van der Waals surface area contributed by atoms with Gasteiger partial charge in [0.15, 0.2) is 5.13 Å². The Labute approximate surface area is 146 Å². The van der Waals surface area contributed by atoms with E-state index in [1.54, 1.807) is 26.2 Å². The number of thiazole rings is 1. The van der Waals surface area contributed by atoms with Crippen molar-refractivity contribution < 1.29 is 14.5 Å². The second kappa shape index (κ2) is 6.36. The van der Waals surface area contributed by atoms with Crippen LogP contribution in [0.1, 0.15) is 15.9 Å². The van der Waals surface area contributed by atoms with E-state index in [1.165, 1.54) is 23.5 Å². The van der Waals surface area contributed by atoms with Gasteiger partial charge < -0.3 is 10.5 Å². The molecule has 0 spiro atoms. The Hall–Kier alpha value is -3.20. The number of aromatic nitrogens is 1. The van der Waals surface area contributed by atoms with Crippen LogP contribution in [0, 0.1) is 17.0 Å². The Morgan fingerprint density at radius 1 is 1.36 bits per heavy atom. The Morgan fingerprint density at radius 3 is 2.80 bits per heavy atom. The van der Waals surface area contributed by atoms with Gasteiger partial charge in [-0.15, -0.1) is 0 Å². The van der Waals surface area contributed by atoms with Crippen molar-refractivity contribution in [1.29, 1.82) is 0 Å². The Kier molecular flexibility index (Phi) is 4.24. The van der Waals surface area contributed by atoms with E-state index in [4.69, 9.17) is 10.5 Å². The van der Waals surface area contributed by atoms with E-state index >= 15 is 0 Å². The Balaban J connectivity index is 1.93. The second-order valence-electron chi connectivity index (χ2n) is 5.31. The SMILES string of the molecule is COc1ccc2nc(NC(=O)c3cc(C)cc([N+](=O)[O-])c3N)sc2c1. The predicted octanol–water partition coefficient (Wildman–Crippen LogP) is 3.36. The van der Waals surface area contributed by atoms with Gasteiger partial charge in [0, 0.05) is 6.07 Å². The van der Waals surface area contributed by atoms with E-state index in [0.29, 0.717) is 22.0 Å². The van der Waals surface area contributed by atoms with Gasteiger partial charge in [-0.3, -0.25) is 20.2 Å². The largest absolute Gasteiger partial charge is 0.497 e. The molecule has 0 unspecified atom stereocenters. The molecule has 0 atom stereocenters. The molecule has 0 aliphatic rings. The number of carbonyl (C=O) groups is 1. The fourth-order valence-corrected chi connectivity index (χ4v) is 3.26. The number of rotatable bonds is 4. The highest BCUT2D eigenvalue weighted by molar-refractivity contribution is 7.22. The number of hydrogen-bond acceptors (Lipinski definition) is 7. The first-order valence-corrected chi connectivity index (χ1v) is 8.01. The number of nitrogens with two attached hydrogens (primary N) is 1. The number of amides is 1. The maximum Gasteiger partial charge on any atom is 0.293 e. The molecule has 1 heterocycles. The molecule has 1 aromatic heterocycles. The summed E-state index contributed by atoms with van der Waals surface area (Å²) in [4.78, 5) is 27.3. The van der Waals surface area contributed by atoms with Crippen molar-refractivity contribution in [2.75, 3.05) is 18.2 Å². The molecular weight excluding hydrogens is 344 g/mol. The van der Waals surface area contributed by atoms with Crippen LogP contribution >= 0.6 is 11.3 Å². The van der Waals surface area contributed by atoms with E-state index in [2.05, 4.69) is 10.3 Å². The minimum absolute atomic E-state index is 0.0449. The van der Waals surface area contributed by atoms with Gasteiger partial charge >= 0.3 is 0 Å². The highest BCUT2D eigenvalue weighted by Gasteiger charge is 2.21. The topological polar surface area (TPSA) is 120 Å². The van der Waals surface area contributed by atoms with Crippen molar-refractivity contribution >= 4 is 44.0 Å². The summed E-state index contributed by atoms with van der Waals surface area (Å²) >= 11 is 1.27. The molecule has 25 heavy (non-hydrogen) atoms. The molecule has 128 valence electrons. The fraction of sp³-hybridized carbons (Fsp3) is 0.125. The molecule has 3 rings (SSSR count). The van der Waals surface area contributed by atoms with E-state index in [9.17, 15) is 14.9 Å². The van der Waals surface area contributed by atoms with Gasteiger partial charge in [-0.05, 0) is 36.8 Å². The molecule has 0 saturated heterocycles. The summed E-state index contributed by atoms with van der Waals surface area (Å²) in [6.07, 6.45) is 0. The van der Waals surface area contributed by atoms with Crippen LogP contribution in [0.2, 0.25) is 0 Å². The molecule has 9 heteroatoms. The van der Waals surface area contributed by atoms with E-state index in [1.807, 2.05) is 6.07 Å². The lowest BCUT2D eigenvalue weighted by Gasteiger charge is -2.07. The van der Waals surface area contributed by atoms with Gasteiger partial charge in [0.25, 0.3) is 11.6 Å². The van der Waals surface area contributed by atoms with Crippen LogP contribution in [-0.2, 0) is 0 Å². The average Bonchev–Trinajstić information content (AvgIpc) is 2.97. The van der Waals surface area contributed by atoms with Crippen molar-refractivity contribution in [1.82, 2.24) is 4.98 Å². The summed E-state index contributed by atoms with van der Waals surface area (Å²) in [6.45, 7) is 1.66. The first-order valence-electron chi connectivity index (χ1n) is 7.19. The van der Waals surface area contributed by atoms with Gasteiger partial charge in [0.05, 0.1) is 27.8 Å². The number of nitro groups is 1. The first-order chi connectivity index (χ1) is 11.9. The third-order valence-corrected chi connectivity index (χ3v) is 4.49. The molecule has 0 aliphatic heterocycles. The molecule has 2 aromatic carbocycles. The van der Waals surface area contributed by atoms with Crippen LogP contribution < -0.4 is 15.8 Å². The minimum atomic E-state index is -0.608. The zero-order chi connectivity index (χ0) is 18.1. The van der Waals surface area contributed by atoms with Gasteiger partial charge in [0.1, 0.15) is 11.4 Å². The summed E-state index contributed by atoms with van der Waals surface area (Å²) in [5.41, 5.74) is 6.65. The molecular formula is C16H14N4O4S. The minimum Gasteiger partial charge on any atom is -0.497 e. The number of methoxy groups -OCH3 is 1. The quantitative estimate of drug-likeness (QED) is 0.419. The number of nitrogens with one attached hydrogen (secondary N) is 1. The summed E-state index contributed by atoms with van der Waals surface area (Å²) < 4.78 is 6.00. The van der Waals surface area contributed by atoms with E-state index in [-0.39, 0.29) is 16.9 Å². The normalized spacial score (nSPS) is 10.6. The molecule has 3 aromatic rings. The lowest BCUT2D eigenvalue weighted by molar-refractivity contribution is -0.384. The molecule has 0 fully saturated rings. The number of ether oxygens (including phenoxy) is 1. The second-order valence-corrected chi connectivity index (χ2v) is 6.34. The monoisotopic (exact) mass is 358 g/mol. The van der Waals surface area contributed by atoms with Crippen LogP contribution in [0.3, 0.4) is 0 Å². The lowest BCUT2D eigenvalue weighted by atomic mass is 10.1. The molecule has 0 radical (unpaired) electrons. The van der Waals surface area contributed by atoms with Crippen LogP contribution in [0.15, 0.2) is 30.3 Å². The third kappa shape index (κ3) is 3.22. The average molecular weight is 358 g/mol. The summed E-state index contributed by atoms with van der Waals surface area (Å²) in [7, 11) is 1.57. The number of nitrogens with zero attached hydrogens (tertiary/aromatic N) is 2. The summed E-state index contributed by atoms with van der Waals surface area (Å²) in [5.74, 6) is 0.142. The molecule has 0 saturated carbocycles. The zero-order valence-electron chi connectivity index (χ0n) is 13.4. The third-order valence-electron chi connectivity index (χ3n) is 3.56. The number of carbonyl (C=O) groups excluding carboxylic acids is 1. The van der Waals surface area contributed by atoms with Crippen LogP contribution in [0.25, 0.3) is 10.2 Å². The Bertz CT molecular complexity index is 999. The van der Waals surface area contributed by atoms with Crippen molar-refractivity contribution in [3.05, 3.63) is 51.6 Å². The van der Waals surface area contributed by atoms with Crippen molar-refractivity contribution in [3.8, 4) is 5.75 Å². The molecule has 0 aliphatic carbocycles. The summed E-state index contributed by atoms with van der Waals surface area (Å²) in [5, 5.41) is 14.1. The molecule has 0 bridgehead atoms. The number of nitro benzene ring substituents is 1. The highest BCUT2D eigenvalue weighted by Crippen LogP contribution is 2.31. The molecule has 3 N–H and O–H groups in total. The highest BCUT2D eigenvalue weighted by atomic mass is 32.1. The lowest BCUT2D eigenvalue weighted by Crippen LogP contribution is -2.15. The number of nitrogen functional groups attached to an aromatic ring is 1. The smallest absolute Gasteiger partial charge is 0.293 e. The van der Waals surface area contributed by atoms with Crippen LogP contribution in [0.5, 0.6) is 5.75 Å².